The summed E-state index contributed by atoms with van der Waals surface area (Å²) in [5.74, 6) is -5.44. The molecule has 6 N–H and O–H groups in total. The van der Waals surface area contributed by atoms with E-state index in [1.165, 1.54) is 18.9 Å². The van der Waals surface area contributed by atoms with E-state index in [9.17, 15) is 32.4 Å². The SMILES string of the molecule is CC(C)C1C(=O)CC(CCCN=C(N)N)C(=O)NCC(=O)CC(C(C)[S-](=O)=O)C(=O)NC(Cc2ccccc2)C(=O)N1C.[Y]. The van der Waals surface area contributed by atoms with Crippen LogP contribution < -0.4 is 22.1 Å². The van der Waals surface area contributed by atoms with Crippen LogP contribution in [-0.4, -0.2) is 77.6 Å². The van der Waals surface area contributed by atoms with Crippen molar-refractivity contribution in [2.45, 2.75) is 70.2 Å². The van der Waals surface area contributed by atoms with Gasteiger partial charge in [0.1, 0.15) is 6.04 Å². The molecule has 1 aromatic carbocycles. The van der Waals surface area contributed by atoms with Gasteiger partial charge in [-0.3, -0.25) is 29.0 Å². The van der Waals surface area contributed by atoms with Crippen molar-refractivity contribution < 1.29 is 65.1 Å². The molecule has 5 unspecified atom stereocenters. The molecule has 3 amide bonds. The van der Waals surface area contributed by atoms with E-state index < -0.39 is 76.3 Å². The summed E-state index contributed by atoms with van der Waals surface area (Å²) < 4.78 is 23.8. The molecule has 15 heteroatoms. The number of ketones is 2. The van der Waals surface area contributed by atoms with E-state index in [2.05, 4.69) is 15.6 Å². The molecule has 44 heavy (non-hydrogen) atoms. The standard InChI is InChI=1S/C29H43N6O7S.Y/c1-17(2)25-24(37)14-20(11-8-12-32-29(30)31)26(38)33-16-21(36)15-22(18(3)43(41)42)27(39)34-23(28(40)35(25)4)13-19-9-6-5-7-10-19;/h5-7,9-10,17-18,20,22-23,25H,8,11-16H2,1-4H3,(H,33,38)(H,34,39)(H4,30,31,32);/q-1;. The van der Waals surface area contributed by atoms with Gasteiger partial charge in [0, 0.05) is 77.4 Å². The second-order valence-electron chi connectivity index (χ2n) is 11.2. The van der Waals surface area contributed by atoms with Crippen LogP contribution in [0.2, 0.25) is 0 Å². The van der Waals surface area contributed by atoms with Crippen LogP contribution in [0.3, 0.4) is 0 Å². The minimum absolute atomic E-state index is 0. The molecule has 1 aromatic rings. The van der Waals surface area contributed by atoms with Crippen LogP contribution in [-0.2, 0) is 82.2 Å². The Balaban J connectivity index is 0.00000968. The molecule has 1 aliphatic heterocycles. The Labute approximate surface area is 285 Å². The Morgan fingerprint density at radius 2 is 1.66 bits per heavy atom. The van der Waals surface area contributed by atoms with Crippen molar-refractivity contribution in [1.82, 2.24) is 15.5 Å². The minimum Gasteiger partial charge on any atom is -0.424 e. The molecule has 0 bridgehead atoms. The molecule has 13 nitrogen and oxygen atoms in total. The second-order valence-corrected chi connectivity index (χ2v) is 12.5. The molecule has 5 atom stereocenters. The molecule has 1 heterocycles. The third kappa shape index (κ3) is 12.0. The Kier molecular flexibility index (Phi) is 16.9. The van der Waals surface area contributed by atoms with Gasteiger partial charge in [-0.2, -0.15) is 0 Å². The predicted molar refractivity (Wildman–Crippen MR) is 161 cm³/mol. The van der Waals surface area contributed by atoms with Crippen molar-refractivity contribution in [2.75, 3.05) is 20.1 Å². The first-order valence-corrected chi connectivity index (χ1v) is 15.4. The summed E-state index contributed by atoms with van der Waals surface area (Å²) in [5, 5.41) is 3.95. The number of benzene rings is 1. The molecule has 1 radical (unpaired) electrons. The van der Waals surface area contributed by atoms with Gasteiger partial charge in [-0.05, 0) is 24.3 Å². The number of aliphatic imine (C=N–C) groups is 1. The third-order valence-electron chi connectivity index (χ3n) is 7.56. The summed E-state index contributed by atoms with van der Waals surface area (Å²) in [7, 11) is -1.24. The first-order chi connectivity index (χ1) is 20.2. The number of Topliss-reactive ketones (excluding diaryl/α,β-unsaturated/α-hetero) is 2. The number of amides is 3. The van der Waals surface area contributed by atoms with Crippen molar-refractivity contribution >= 4 is 46.0 Å². The summed E-state index contributed by atoms with van der Waals surface area (Å²) in [5.41, 5.74) is 11.5. The fourth-order valence-electron chi connectivity index (χ4n) is 5.24. The molecule has 1 saturated heterocycles. The van der Waals surface area contributed by atoms with Crippen LogP contribution in [0.4, 0.5) is 0 Å². The number of carbonyl (C=O) groups excluding carboxylic acids is 5. The summed E-state index contributed by atoms with van der Waals surface area (Å²) in [4.78, 5) is 72.4. The quantitative estimate of drug-likeness (QED) is 0.120. The number of hydrogen-bond acceptors (Lipinski definition) is 9. The zero-order valence-electron chi connectivity index (χ0n) is 25.7. The number of hydrogen-bond donors (Lipinski definition) is 4. The molecular weight excluding hydrogens is 665 g/mol. The summed E-state index contributed by atoms with van der Waals surface area (Å²) in [6, 6.07) is 6.84. The summed E-state index contributed by atoms with van der Waals surface area (Å²) in [6.45, 7) is 4.62. The van der Waals surface area contributed by atoms with E-state index in [0.717, 1.165) is 5.56 Å². The molecule has 1 aliphatic rings. The normalized spacial score (nSPS) is 23.2. The Bertz CT molecular complexity index is 1260. The molecule has 0 saturated carbocycles. The Morgan fingerprint density at radius 3 is 2.23 bits per heavy atom. The van der Waals surface area contributed by atoms with Crippen molar-refractivity contribution in [2.24, 2.45) is 34.2 Å². The average Bonchev–Trinajstić information content (AvgIpc) is 2.94. The van der Waals surface area contributed by atoms with E-state index in [4.69, 9.17) is 11.5 Å². The molecular formula is C29H43N6O7SY-. The van der Waals surface area contributed by atoms with Crippen LogP contribution in [0.1, 0.15) is 52.0 Å². The van der Waals surface area contributed by atoms with E-state index in [-0.39, 0.29) is 76.2 Å². The molecule has 0 aliphatic carbocycles. The number of rotatable bonds is 9. The Hall–Kier alpha value is -2.71. The minimum atomic E-state index is -2.71. The molecule has 1 fully saturated rings. The number of nitrogens with two attached hydrogens (primary N) is 2. The van der Waals surface area contributed by atoms with Gasteiger partial charge in [0.15, 0.2) is 17.5 Å². The first kappa shape index (κ1) is 39.3. The van der Waals surface area contributed by atoms with E-state index in [1.807, 2.05) is 0 Å². The zero-order chi connectivity index (χ0) is 32.3. The van der Waals surface area contributed by atoms with Gasteiger partial charge in [-0.15, -0.1) is 0 Å². The van der Waals surface area contributed by atoms with Gasteiger partial charge in [0.05, 0.1) is 12.6 Å². The summed E-state index contributed by atoms with van der Waals surface area (Å²) >= 11 is 0. The van der Waals surface area contributed by atoms with Crippen molar-refractivity contribution in [3.8, 4) is 0 Å². The summed E-state index contributed by atoms with van der Waals surface area (Å²) in [6.07, 6.45) is -0.00204. The topological polar surface area (TPSA) is 211 Å². The van der Waals surface area contributed by atoms with E-state index in [0.29, 0.717) is 6.42 Å². The number of carbonyl (C=O) groups is 5. The monoisotopic (exact) mass is 708 g/mol. The fraction of sp³-hybridized carbons (Fsp3) is 0.586. The van der Waals surface area contributed by atoms with Gasteiger partial charge in [0.2, 0.25) is 17.7 Å². The van der Waals surface area contributed by atoms with Crippen LogP contribution in [0.25, 0.3) is 0 Å². The van der Waals surface area contributed by atoms with E-state index in [1.54, 1.807) is 44.2 Å². The zero-order valence-corrected chi connectivity index (χ0v) is 29.3. The largest absolute Gasteiger partial charge is 0.424 e. The first-order valence-electron chi connectivity index (χ1n) is 14.3. The predicted octanol–water partition coefficient (Wildman–Crippen LogP) is 0.226. The van der Waals surface area contributed by atoms with Gasteiger partial charge in [-0.1, -0.05) is 67.1 Å². The second kappa shape index (κ2) is 19.0. The van der Waals surface area contributed by atoms with Crippen LogP contribution in [0, 0.1) is 17.8 Å². The maximum atomic E-state index is 13.9. The van der Waals surface area contributed by atoms with Crippen molar-refractivity contribution in [1.29, 1.82) is 0 Å². The molecule has 2 rings (SSSR count). The maximum absolute atomic E-state index is 13.9. The van der Waals surface area contributed by atoms with Crippen LogP contribution in [0.15, 0.2) is 35.3 Å². The van der Waals surface area contributed by atoms with Gasteiger partial charge in [0.25, 0.3) is 0 Å². The number of nitrogens with one attached hydrogen (secondary N) is 2. The van der Waals surface area contributed by atoms with E-state index >= 15 is 0 Å². The van der Waals surface area contributed by atoms with Crippen molar-refractivity contribution in [3.05, 3.63) is 35.9 Å². The smallest absolute Gasteiger partial charge is 0.245 e. The van der Waals surface area contributed by atoms with Gasteiger partial charge >= 0.3 is 0 Å². The molecule has 0 spiro atoms. The van der Waals surface area contributed by atoms with Crippen molar-refractivity contribution in [3.63, 3.8) is 0 Å². The third-order valence-corrected chi connectivity index (χ3v) is 8.50. The number of likely N-dealkylation sites (N-methyl/N-ethyl adjacent to an activating group) is 1. The Morgan fingerprint density at radius 1 is 1.02 bits per heavy atom. The van der Waals surface area contributed by atoms with Crippen LogP contribution in [0.5, 0.6) is 0 Å². The molecule has 0 aromatic heterocycles. The molecule has 241 valence electrons. The van der Waals surface area contributed by atoms with Gasteiger partial charge in [-0.25, -0.2) is 0 Å². The fourth-order valence-corrected chi connectivity index (χ4v) is 5.72. The maximum Gasteiger partial charge on any atom is 0.245 e. The number of nitrogens with zero attached hydrogens (tertiary/aromatic N) is 2. The number of guanidine groups is 1. The van der Waals surface area contributed by atoms with Gasteiger partial charge < -0.3 is 35.4 Å². The average molecular weight is 709 g/mol. The van der Waals surface area contributed by atoms with Crippen LogP contribution >= 0.6 is 0 Å².